The van der Waals surface area contributed by atoms with E-state index < -0.39 is 4.92 Å². The maximum atomic E-state index is 11.3. The van der Waals surface area contributed by atoms with Crippen molar-refractivity contribution in [1.82, 2.24) is 0 Å². The minimum Gasteiger partial charge on any atom is -0.488 e. The van der Waals surface area contributed by atoms with Gasteiger partial charge in [-0.3, -0.25) is 15.1 Å². The maximum absolute atomic E-state index is 11.3. The number of methoxy groups -OCH3 is 1. The first kappa shape index (κ1) is 15.5. The average Bonchev–Trinajstić information content (AvgIpc) is 2.54. The highest BCUT2D eigenvalue weighted by Crippen LogP contribution is 2.39. The van der Waals surface area contributed by atoms with Crippen LogP contribution in [-0.4, -0.2) is 25.3 Å². The van der Waals surface area contributed by atoms with Gasteiger partial charge in [-0.25, -0.2) is 0 Å². The SMILES string of the molecule is CN=Cc1ccc(OCc2ccccc2)c(OC)c1[N+](=O)[O-]. The van der Waals surface area contributed by atoms with E-state index >= 15 is 0 Å². The molecule has 0 aromatic heterocycles. The smallest absolute Gasteiger partial charge is 0.323 e. The Morgan fingerprint density at radius 1 is 1.23 bits per heavy atom. The van der Waals surface area contributed by atoms with Crippen molar-refractivity contribution in [2.75, 3.05) is 14.2 Å². The maximum Gasteiger partial charge on any atom is 0.323 e. The Bertz CT molecular complexity index is 684. The zero-order valence-electron chi connectivity index (χ0n) is 12.4. The van der Waals surface area contributed by atoms with Crippen molar-refractivity contribution in [2.45, 2.75) is 6.61 Å². The van der Waals surface area contributed by atoms with Crippen LogP contribution in [0, 0.1) is 10.1 Å². The van der Waals surface area contributed by atoms with Crippen molar-refractivity contribution in [3.05, 3.63) is 63.7 Å². The lowest BCUT2D eigenvalue weighted by Crippen LogP contribution is -2.03. The van der Waals surface area contributed by atoms with Crippen molar-refractivity contribution in [1.29, 1.82) is 0 Å². The fourth-order valence-corrected chi connectivity index (χ4v) is 2.05. The van der Waals surface area contributed by atoms with Crippen molar-refractivity contribution in [3.8, 4) is 11.5 Å². The van der Waals surface area contributed by atoms with Gasteiger partial charge in [-0.2, -0.15) is 0 Å². The molecule has 0 radical (unpaired) electrons. The van der Waals surface area contributed by atoms with Gasteiger partial charge in [0.1, 0.15) is 6.61 Å². The third kappa shape index (κ3) is 3.41. The third-order valence-electron chi connectivity index (χ3n) is 3.02. The van der Waals surface area contributed by atoms with Crippen LogP contribution < -0.4 is 9.47 Å². The summed E-state index contributed by atoms with van der Waals surface area (Å²) >= 11 is 0. The van der Waals surface area contributed by atoms with E-state index in [0.29, 0.717) is 17.9 Å². The number of hydrogen-bond acceptors (Lipinski definition) is 5. The van der Waals surface area contributed by atoms with E-state index in [9.17, 15) is 10.1 Å². The molecule has 0 unspecified atom stereocenters. The largest absolute Gasteiger partial charge is 0.488 e. The molecule has 0 amide bonds. The summed E-state index contributed by atoms with van der Waals surface area (Å²) in [5.74, 6) is 0.421. The molecule has 6 heteroatoms. The van der Waals surface area contributed by atoms with E-state index in [1.807, 2.05) is 30.3 Å². The molecule has 2 aromatic carbocycles. The van der Waals surface area contributed by atoms with E-state index in [2.05, 4.69) is 4.99 Å². The van der Waals surface area contributed by atoms with Gasteiger partial charge in [-0.15, -0.1) is 0 Å². The highest BCUT2D eigenvalue weighted by atomic mass is 16.6. The summed E-state index contributed by atoms with van der Waals surface area (Å²) in [5.41, 5.74) is 1.18. The molecule has 6 nitrogen and oxygen atoms in total. The molecule has 0 saturated carbocycles. The first-order chi connectivity index (χ1) is 10.7. The van der Waals surface area contributed by atoms with Crippen LogP contribution in [0.1, 0.15) is 11.1 Å². The predicted octanol–water partition coefficient (Wildman–Crippen LogP) is 3.23. The Labute approximate surface area is 128 Å². The summed E-state index contributed by atoms with van der Waals surface area (Å²) in [6, 6.07) is 12.8. The molecule has 0 heterocycles. The minimum atomic E-state index is -0.495. The van der Waals surface area contributed by atoms with Crippen LogP contribution in [0.4, 0.5) is 5.69 Å². The highest BCUT2D eigenvalue weighted by molar-refractivity contribution is 5.88. The first-order valence-electron chi connectivity index (χ1n) is 6.61. The molecule has 2 aromatic rings. The predicted molar refractivity (Wildman–Crippen MR) is 83.9 cm³/mol. The van der Waals surface area contributed by atoms with Gasteiger partial charge in [-0.1, -0.05) is 30.3 Å². The third-order valence-corrected chi connectivity index (χ3v) is 3.02. The second-order valence-electron chi connectivity index (χ2n) is 4.45. The number of nitro benzene ring substituents is 1. The van der Waals surface area contributed by atoms with Crippen molar-refractivity contribution >= 4 is 11.9 Å². The molecule has 2 rings (SSSR count). The number of benzene rings is 2. The topological polar surface area (TPSA) is 74.0 Å². The molecular weight excluding hydrogens is 284 g/mol. The van der Waals surface area contributed by atoms with E-state index in [-0.39, 0.29) is 11.4 Å². The molecule has 0 N–H and O–H groups in total. The molecule has 0 aliphatic heterocycles. The number of ether oxygens (including phenoxy) is 2. The number of rotatable bonds is 6. The van der Waals surface area contributed by atoms with Gasteiger partial charge in [0.2, 0.25) is 5.75 Å². The molecule has 0 aliphatic carbocycles. The van der Waals surface area contributed by atoms with E-state index in [1.54, 1.807) is 19.2 Å². The lowest BCUT2D eigenvalue weighted by Gasteiger charge is -2.12. The van der Waals surface area contributed by atoms with Gasteiger partial charge >= 0.3 is 5.69 Å². The van der Waals surface area contributed by atoms with Gasteiger partial charge in [0.25, 0.3) is 0 Å². The van der Waals surface area contributed by atoms with Crippen LogP contribution in [0.25, 0.3) is 0 Å². The molecule has 0 aliphatic rings. The molecule has 22 heavy (non-hydrogen) atoms. The lowest BCUT2D eigenvalue weighted by atomic mass is 10.1. The summed E-state index contributed by atoms with van der Waals surface area (Å²) in [4.78, 5) is 14.6. The van der Waals surface area contributed by atoms with Crippen molar-refractivity contribution in [3.63, 3.8) is 0 Å². The van der Waals surface area contributed by atoms with Gasteiger partial charge in [0, 0.05) is 13.3 Å². The van der Waals surface area contributed by atoms with E-state index in [0.717, 1.165) is 5.56 Å². The Morgan fingerprint density at radius 2 is 1.95 bits per heavy atom. The fourth-order valence-electron chi connectivity index (χ4n) is 2.05. The first-order valence-corrected chi connectivity index (χ1v) is 6.61. The molecular formula is C16H16N2O4. The highest BCUT2D eigenvalue weighted by Gasteiger charge is 2.24. The zero-order valence-corrected chi connectivity index (χ0v) is 12.4. The fraction of sp³-hybridized carbons (Fsp3) is 0.188. The second kappa shape index (κ2) is 7.21. The van der Waals surface area contributed by atoms with Gasteiger partial charge in [0.15, 0.2) is 5.75 Å². The average molecular weight is 300 g/mol. The molecule has 0 bridgehead atoms. The van der Waals surface area contributed by atoms with Crippen molar-refractivity contribution < 1.29 is 14.4 Å². The summed E-state index contributed by atoms with van der Waals surface area (Å²) in [6.45, 7) is 0.301. The number of hydrogen-bond donors (Lipinski definition) is 0. The van der Waals surface area contributed by atoms with Crippen LogP contribution in [0.3, 0.4) is 0 Å². The Balaban J connectivity index is 2.35. The number of nitrogens with zero attached hydrogens (tertiary/aromatic N) is 2. The quantitative estimate of drug-likeness (QED) is 0.466. The van der Waals surface area contributed by atoms with Crippen LogP contribution in [0.2, 0.25) is 0 Å². The van der Waals surface area contributed by atoms with Crippen LogP contribution in [0.5, 0.6) is 11.5 Å². The van der Waals surface area contributed by atoms with Gasteiger partial charge in [0.05, 0.1) is 17.6 Å². The monoisotopic (exact) mass is 300 g/mol. The summed E-state index contributed by atoms with van der Waals surface area (Å²) in [5, 5.41) is 11.3. The van der Waals surface area contributed by atoms with E-state index in [1.165, 1.54) is 13.3 Å². The molecule has 0 atom stereocenters. The summed E-state index contributed by atoms with van der Waals surface area (Å²) in [7, 11) is 2.93. The Morgan fingerprint density at radius 3 is 2.55 bits per heavy atom. The minimum absolute atomic E-state index is 0.0957. The van der Waals surface area contributed by atoms with E-state index in [4.69, 9.17) is 9.47 Å². The van der Waals surface area contributed by atoms with Crippen LogP contribution in [0.15, 0.2) is 47.5 Å². The Kier molecular flexibility index (Phi) is 5.08. The number of nitro groups is 1. The summed E-state index contributed by atoms with van der Waals surface area (Å²) in [6.07, 6.45) is 1.42. The molecule has 114 valence electrons. The van der Waals surface area contributed by atoms with Gasteiger partial charge in [-0.05, 0) is 17.7 Å². The normalized spacial score (nSPS) is 10.6. The summed E-state index contributed by atoms with van der Waals surface area (Å²) < 4.78 is 10.8. The molecule has 0 saturated heterocycles. The van der Waals surface area contributed by atoms with Crippen molar-refractivity contribution in [2.24, 2.45) is 4.99 Å². The van der Waals surface area contributed by atoms with Crippen LogP contribution in [-0.2, 0) is 6.61 Å². The van der Waals surface area contributed by atoms with Crippen LogP contribution >= 0.6 is 0 Å². The standard InChI is InChI=1S/C16H16N2O4/c1-17-10-13-8-9-14(16(21-2)15(13)18(19)20)22-11-12-6-4-3-5-7-12/h3-10H,11H2,1-2H3. The van der Waals surface area contributed by atoms with Gasteiger partial charge < -0.3 is 9.47 Å². The number of aliphatic imine (C=N–C) groups is 1. The lowest BCUT2D eigenvalue weighted by molar-refractivity contribution is -0.386. The second-order valence-corrected chi connectivity index (χ2v) is 4.45. The molecule has 0 fully saturated rings. The molecule has 0 spiro atoms. The Hall–Kier alpha value is -2.89. The zero-order chi connectivity index (χ0) is 15.9.